The first kappa shape index (κ1) is 18.7. The van der Waals surface area contributed by atoms with E-state index < -0.39 is 21.7 Å². The van der Waals surface area contributed by atoms with Crippen LogP contribution in [0.3, 0.4) is 0 Å². The van der Waals surface area contributed by atoms with Crippen LogP contribution in [0.15, 0.2) is 36.4 Å². The van der Waals surface area contributed by atoms with Crippen LogP contribution in [0.5, 0.6) is 5.75 Å². The second-order valence-electron chi connectivity index (χ2n) is 5.48. The standard InChI is InChI=1S/C16H16Cl2N2O3S/c1-9-6-12(18)7-13(16(9)21)15(14(19)8-24(20,22)23)10-2-4-11(17)5-3-10/h2-7,15,19,21H,8H2,1H3,(H2,20,22,23). The van der Waals surface area contributed by atoms with E-state index in [0.29, 0.717) is 26.7 Å². The highest BCUT2D eigenvalue weighted by Gasteiger charge is 2.26. The third-order valence-corrected chi connectivity index (χ3v) is 4.70. The molecule has 0 aliphatic heterocycles. The van der Waals surface area contributed by atoms with E-state index in [1.54, 1.807) is 37.3 Å². The summed E-state index contributed by atoms with van der Waals surface area (Å²) in [5.41, 5.74) is 1.30. The van der Waals surface area contributed by atoms with Crippen molar-refractivity contribution in [3.63, 3.8) is 0 Å². The fourth-order valence-corrected chi connectivity index (χ4v) is 3.51. The molecule has 0 spiro atoms. The molecule has 0 aliphatic carbocycles. The second-order valence-corrected chi connectivity index (χ2v) is 7.96. The van der Waals surface area contributed by atoms with Crippen molar-refractivity contribution in [3.05, 3.63) is 63.1 Å². The minimum Gasteiger partial charge on any atom is -0.507 e. The van der Waals surface area contributed by atoms with Gasteiger partial charge in [0.15, 0.2) is 0 Å². The van der Waals surface area contributed by atoms with E-state index in [-0.39, 0.29) is 11.5 Å². The number of phenols is 1. The molecule has 0 radical (unpaired) electrons. The van der Waals surface area contributed by atoms with Gasteiger partial charge >= 0.3 is 0 Å². The molecule has 0 amide bonds. The van der Waals surface area contributed by atoms with Crippen LogP contribution in [0.2, 0.25) is 10.0 Å². The Morgan fingerprint density at radius 2 is 1.79 bits per heavy atom. The summed E-state index contributed by atoms with van der Waals surface area (Å²) >= 11 is 12.0. The summed E-state index contributed by atoms with van der Waals surface area (Å²) in [7, 11) is -3.89. The first-order chi connectivity index (χ1) is 11.1. The summed E-state index contributed by atoms with van der Waals surface area (Å²) in [5.74, 6) is -1.48. The molecule has 5 nitrogen and oxygen atoms in total. The van der Waals surface area contributed by atoms with Gasteiger partial charge < -0.3 is 10.5 Å². The number of sulfonamides is 1. The number of benzene rings is 2. The largest absolute Gasteiger partial charge is 0.507 e. The molecule has 0 saturated carbocycles. The molecule has 2 aromatic rings. The fourth-order valence-electron chi connectivity index (χ4n) is 2.51. The van der Waals surface area contributed by atoms with Crippen LogP contribution in [0, 0.1) is 12.3 Å². The van der Waals surface area contributed by atoms with Crippen LogP contribution >= 0.6 is 23.2 Å². The zero-order chi connectivity index (χ0) is 18.1. The minimum atomic E-state index is -3.89. The maximum Gasteiger partial charge on any atom is 0.214 e. The fraction of sp³-hybridized carbons (Fsp3) is 0.188. The lowest BCUT2D eigenvalue weighted by atomic mass is 9.86. The number of hydrogen-bond donors (Lipinski definition) is 3. The number of nitrogens with one attached hydrogen (secondary N) is 1. The first-order valence-electron chi connectivity index (χ1n) is 6.90. The van der Waals surface area contributed by atoms with Crippen LogP contribution in [0.4, 0.5) is 0 Å². The topological polar surface area (TPSA) is 104 Å². The van der Waals surface area contributed by atoms with Gasteiger partial charge in [0, 0.05) is 21.3 Å². The average Bonchev–Trinajstić information content (AvgIpc) is 2.44. The van der Waals surface area contributed by atoms with Crippen molar-refractivity contribution in [1.82, 2.24) is 0 Å². The van der Waals surface area contributed by atoms with Crippen molar-refractivity contribution in [1.29, 1.82) is 5.41 Å². The molecule has 128 valence electrons. The Kier molecular flexibility index (Phi) is 5.55. The van der Waals surface area contributed by atoms with Crippen molar-refractivity contribution >= 4 is 38.9 Å². The molecule has 0 aromatic heterocycles. The van der Waals surface area contributed by atoms with Crippen molar-refractivity contribution in [2.45, 2.75) is 12.8 Å². The monoisotopic (exact) mass is 386 g/mol. The van der Waals surface area contributed by atoms with E-state index in [1.807, 2.05) is 0 Å². The van der Waals surface area contributed by atoms with Crippen molar-refractivity contribution < 1.29 is 13.5 Å². The lowest BCUT2D eigenvalue weighted by molar-refractivity contribution is 0.464. The molecule has 4 N–H and O–H groups in total. The lowest BCUT2D eigenvalue weighted by Crippen LogP contribution is -2.27. The van der Waals surface area contributed by atoms with E-state index in [9.17, 15) is 13.5 Å². The van der Waals surface area contributed by atoms with Gasteiger partial charge in [0.1, 0.15) is 11.5 Å². The van der Waals surface area contributed by atoms with Crippen LogP contribution < -0.4 is 5.14 Å². The summed E-state index contributed by atoms with van der Waals surface area (Å²) < 4.78 is 22.8. The molecule has 8 heteroatoms. The molecule has 1 unspecified atom stereocenters. The Morgan fingerprint density at radius 3 is 2.33 bits per heavy atom. The third-order valence-electron chi connectivity index (χ3n) is 3.51. The van der Waals surface area contributed by atoms with E-state index in [1.165, 1.54) is 6.07 Å². The maximum absolute atomic E-state index is 11.4. The van der Waals surface area contributed by atoms with E-state index in [4.69, 9.17) is 33.8 Å². The maximum atomic E-state index is 11.4. The molecule has 0 saturated heterocycles. The highest BCUT2D eigenvalue weighted by atomic mass is 35.5. The smallest absolute Gasteiger partial charge is 0.214 e. The van der Waals surface area contributed by atoms with E-state index in [2.05, 4.69) is 0 Å². The molecule has 2 aromatic carbocycles. The summed E-state index contributed by atoms with van der Waals surface area (Å²) in [6.45, 7) is 1.67. The summed E-state index contributed by atoms with van der Waals surface area (Å²) in [5, 5.41) is 24.6. The van der Waals surface area contributed by atoms with Crippen LogP contribution in [-0.2, 0) is 10.0 Å². The van der Waals surface area contributed by atoms with Crippen molar-refractivity contribution in [2.75, 3.05) is 5.75 Å². The molecule has 0 fully saturated rings. The van der Waals surface area contributed by atoms with Gasteiger partial charge in [-0.15, -0.1) is 0 Å². The molecule has 0 bridgehead atoms. The van der Waals surface area contributed by atoms with Gasteiger partial charge in [0.2, 0.25) is 10.0 Å². The van der Waals surface area contributed by atoms with Crippen LogP contribution in [0.1, 0.15) is 22.6 Å². The zero-order valence-electron chi connectivity index (χ0n) is 12.8. The molecule has 0 heterocycles. The van der Waals surface area contributed by atoms with Crippen molar-refractivity contribution in [3.8, 4) is 5.75 Å². The number of aryl methyl sites for hydroxylation is 1. The highest BCUT2D eigenvalue weighted by molar-refractivity contribution is 7.89. The number of halogens is 2. The Bertz CT molecular complexity index is 881. The number of aromatic hydroxyl groups is 1. The first-order valence-corrected chi connectivity index (χ1v) is 9.38. The molecule has 24 heavy (non-hydrogen) atoms. The van der Waals surface area contributed by atoms with Gasteiger partial charge in [-0.3, -0.25) is 0 Å². The van der Waals surface area contributed by atoms with Gasteiger partial charge in [-0.05, 0) is 42.3 Å². The SMILES string of the molecule is Cc1cc(Cl)cc(C(C(=N)CS(N)(=O)=O)c2ccc(Cl)cc2)c1O. The summed E-state index contributed by atoms with van der Waals surface area (Å²) in [4.78, 5) is 0. The number of nitrogens with two attached hydrogens (primary N) is 1. The summed E-state index contributed by atoms with van der Waals surface area (Å²) in [6.07, 6.45) is 0. The second kappa shape index (κ2) is 7.11. The third kappa shape index (κ3) is 4.48. The molecular formula is C16H16Cl2N2O3S. The quantitative estimate of drug-likeness (QED) is 0.685. The van der Waals surface area contributed by atoms with Crippen LogP contribution in [0.25, 0.3) is 0 Å². The predicted molar refractivity (Wildman–Crippen MR) is 96.8 cm³/mol. The van der Waals surface area contributed by atoms with Gasteiger partial charge in [-0.2, -0.15) is 0 Å². The van der Waals surface area contributed by atoms with E-state index >= 15 is 0 Å². The Hall–Kier alpha value is -1.60. The average molecular weight is 387 g/mol. The molecule has 1 atom stereocenters. The van der Waals surface area contributed by atoms with Crippen molar-refractivity contribution in [2.24, 2.45) is 5.14 Å². The number of rotatable bonds is 5. The molecular weight excluding hydrogens is 371 g/mol. The Morgan fingerprint density at radius 1 is 1.21 bits per heavy atom. The number of hydrogen-bond acceptors (Lipinski definition) is 4. The number of phenolic OH excluding ortho intramolecular Hbond substituents is 1. The van der Waals surface area contributed by atoms with Gasteiger partial charge in [0.25, 0.3) is 0 Å². The molecule has 2 rings (SSSR count). The highest BCUT2D eigenvalue weighted by Crippen LogP contribution is 2.37. The van der Waals surface area contributed by atoms with Gasteiger partial charge in [-0.25, -0.2) is 13.6 Å². The molecule has 0 aliphatic rings. The zero-order valence-corrected chi connectivity index (χ0v) is 15.1. The van der Waals surface area contributed by atoms with Gasteiger partial charge in [-0.1, -0.05) is 35.3 Å². The van der Waals surface area contributed by atoms with Gasteiger partial charge in [0.05, 0.1) is 5.92 Å². The normalized spacial score (nSPS) is 12.8. The Labute approximate surface area is 150 Å². The predicted octanol–water partition coefficient (Wildman–Crippen LogP) is 3.45. The Balaban J connectivity index is 2.63. The van der Waals surface area contributed by atoms with Crippen LogP contribution in [-0.4, -0.2) is 25.0 Å². The minimum absolute atomic E-state index is 0.0430. The van der Waals surface area contributed by atoms with E-state index in [0.717, 1.165) is 0 Å². The summed E-state index contributed by atoms with van der Waals surface area (Å²) in [6, 6.07) is 9.69. The number of primary sulfonamides is 1. The lowest BCUT2D eigenvalue weighted by Gasteiger charge is -2.21.